The van der Waals surface area contributed by atoms with Gasteiger partial charge in [-0.05, 0) is 30.7 Å². The van der Waals surface area contributed by atoms with Gasteiger partial charge in [0.1, 0.15) is 23.7 Å². The molecule has 4 aromatic rings. The Kier molecular flexibility index (Phi) is 7.00. The SMILES string of the molecule is COc1ccccc1-c1c(C(F)(F)F)oc2cc(O[C@H](C)C(=O)OCc3ccccc3)ccc2c1=O. The zero-order valence-corrected chi connectivity index (χ0v) is 19.3. The number of rotatable bonds is 7. The highest BCUT2D eigenvalue weighted by Gasteiger charge is 2.40. The average molecular weight is 498 g/mol. The van der Waals surface area contributed by atoms with Gasteiger partial charge in [-0.1, -0.05) is 48.5 Å². The van der Waals surface area contributed by atoms with Crippen molar-refractivity contribution in [2.45, 2.75) is 25.8 Å². The van der Waals surface area contributed by atoms with Crippen molar-refractivity contribution in [1.29, 1.82) is 0 Å². The number of methoxy groups -OCH3 is 1. The van der Waals surface area contributed by atoms with Gasteiger partial charge < -0.3 is 18.6 Å². The molecule has 1 aromatic heterocycles. The molecule has 0 amide bonds. The van der Waals surface area contributed by atoms with E-state index in [1.54, 1.807) is 30.3 Å². The first-order valence-corrected chi connectivity index (χ1v) is 10.9. The molecule has 0 fully saturated rings. The number of alkyl halides is 3. The molecular weight excluding hydrogens is 477 g/mol. The molecule has 4 rings (SSSR count). The lowest BCUT2D eigenvalue weighted by atomic mass is 10.0. The van der Waals surface area contributed by atoms with Crippen LogP contribution < -0.4 is 14.9 Å². The van der Waals surface area contributed by atoms with Crippen LogP contribution in [0, 0.1) is 0 Å². The molecule has 36 heavy (non-hydrogen) atoms. The molecule has 0 saturated carbocycles. The Hall–Kier alpha value is -4.27. The molecule has 0 N–H and O–H groups in total. The number of benzene rings is 3. The van der Waals surface area contributed by atoms with Gasteiger partial charge in [0.15, 0.2) is 6.10 Å². The molecule has 0 aliphatic carbocycles. The maximum Gasteiger partial charge on any atom is 0.450 e. The van der Waals surface area contributed by atoms with Crippen molar-refractivity contribution in [1.82, 2.24) is 0 Å². The zero-order valence-electron chi connectivity index (χ0n) is 19.3. The third kappa shape index (κ3) is 5.19. The number of esters is 1. The van der Waals surface area contributed by atoms with Gasteiger partial charge in [0.2, 0.25) is 11.2 Å². The lowest BCUT2D eigenvalue weighted by Gasteiger charge is -2.16. The van der Waals surface area contributed by atoms with Gasteiger partial charge in [-0.3, -0.25) is 4.79 Å². The molecule has 0 saturated heterocycles. The van der Waals surface area contributed by atoms with Crippen LogP contribution in [-0.4, -0.2) is 19.2 Å². The molecule has 0 radical (unpaired) electrons. The lowest BCUT2D eigenvalue weighted by Crippen LogP contribution is -2.26. The van der Waals surface area contributed by atoms with Crippen LogP contribution in [0.15, 0.2) is 82.0 Å². The molecule has 0 unspecified atom stereocenters. The number of ether oxygens (including phenoxy) is 3. The van der Waals surface area contributed by atoms with Gasteiger partial charge >= 0.3 is 12.1 Å². The van der Waals surface area contributed by atoms with Gasteiger partial charge in [0.05, 0.1) is 18.1 Å². The summed E-state index contributed by atoms with van der Waals surface area (Å²) in [6.07, 6.45) is -6.03. The first-order chi connectivity index (χ1) is 17.2. The van der Waals surface area contributed by atoms with E-state index in [0.29, 0.717) is 0 Å². The Labute approximate surface area is 203 Å². The monoisotopic (exact) mass is 498 g/mol. The molecule has 1 atom stereocenters. The summed E-state index contributed by atoms with van der Waals surface area (Å²) in [4.78, 5) is 25.5. The van der Waals surface area contributed by atoms with Crippen molar-refractivity contribution >= 4 is 16.9 Å². The van der Waals surface area contributed by atoms with Crippen LogP contribution in [0.5, 0.6) is 11.5 Å². The van der Waals surface area contributed by atoms with Crippen LogP contribution in [0.4, 0.5) is 13.2 Å². The smallest absolute Gasteiger partial charge is 0.450 e. The Bertz CT molecular complexity index is 1440. The minimum atomic E-state index is -4.96. The van der Waals surface area contributed by atoms with Crippen molar-refractivity contribution in [3.63, 3.8) is 0 Å². The van der Waals surface area contributed by atoms with E-state index >= 15 is 0 Å². The van der Waals surface area contributed by atoms with Gasteiger partial charge in [0, 0.05) is 11.6 Å². The van der Waals surface area contributed by atoms with Crippen molar-refractivity contribution in [3.05, 3.63) is 94.3 Å². The van der Waals surface area contributed by atoms with E-state index in [4.69, 9.17) is 18.6 Å². The number of fused-ring (bicyclic) bond motifs is 1. The highest BCUT2D eigenvalue weighted by molar-refractivity contribution is 5.85. The predicted octanol–water partition coefficient (Wildman–Crippen LogP) is 6.00. The van der Waals surface area contributed by atoms with E-state index in [1.807, 2.05) is 6.07 Å². The fraction of sp³-hybridized carbons (Fsp3) is 0.185. The molecule has 6 nitrogen and oxygen atoms in total. The van der Waals surface area contributed by atoms with Crippen LogP contribution in [-0.2, 0) is 22.3 Å². The largest absolute Gasteiger partial charge is 0.496 e. The van der Waals surface area contributed by atoms with E-state index in [0.717, 1.165) is 11.6 Å². The van der Waals surface area contributed by atoms with Gasteiger partial charge in [-0.25, -0.2) is 4.79 Å². The first-order valence-electron chi connectivity index (χ1n) is 10.9. The molecule has 0 spiro atoms. The summed E-state index contributed by atoms with van der Waals surface area (Å²) in [5.41, 5.74) is -1.13. The third-order valence-electron chi connectivity index (χ3n) is 5.37. The standard InChI is InChI=1S/C27H21F3O6/c1-16(26(32)34-15-17-8-4-3-5-9-17)35-18-12-13-20-22(14-18)36-25(27(28,29)30)23(24(20)31)19-10-6-7-11-21(19)33-2/h3-14,16H,15H2,1-2H3/t16-/m1/s1. The number of hydrogen-bond acceptors (Lipinski definition) is 6. The van der Waals surface area contributed by atoms with Crippen LogP contribution >= 0.6 is 0 Å². The second kappa shape index (κ2) is 10.2. The predicted molar refractivity (Wildman–Crippen MR) is 126 cm³/mol. The van der Waals surface area contributed by atoms with Crippen LogP contribution in [0.1, 0.15) is 18.2 Å². The van der Waals surface area contributed by atoms with E-state index in [9.17, 15) is 22.8 Å². The molecule has 0 aliphatic rings. The summed E-state index contributed by atoms with van der Waals surface area (Å²) in [5.74, 6) is -2.00. The molecule has 0 bridgehead atoms. The highest BCUT2D eigenvalue weighted by Crippen LogP contribution is 2.40. The van der Waals surface area contributed by atoms with Crippen molar-refractivity contribution in [2.24, 2.45) is 0 Å². The average Bonchev–Trinajstić information content (AvgIpc) is 2.87. The summed E-state index contributed by atoms with van der Waals surface area (Å²) >= 11 is 0. The summed E-state index contributed by atoms with van der Waals surface area (Å²) < 4.78 is 63.0. The summed E-state index contributed by atoms with van der Waals surface area (Å²) in [5, 5.41) is -0.0874. The molecule has 0 aliphatic heterocycles. The molecule has 1 heterocycles. The Morgan fingerprint density at radius 1 is 1.00 bits per heavy atom. The quantitative estimate of drug-likeness (QED) is 0.291. The zero-order chi connectivity index (χ0) is 25.9. The lowest BCUT2D eigenvalue weighted by molar-refractivity contribution is -0.152. The second-order valence-electron chi connectivity index (χ2n) is 7.84. The number of para-hydroxylation sites is 1. The van der Waals surface area contributed by atoms with E-state index in [2.05, 4.69) is 0 Å². The Morgan fingerprint density at radius 3 is 2.39 bits per heavy atom. The van der Waals surface area contributed by atoms with Gasteiger partial charge in [-0.15, -0.1) is 0 Å². The molecule has 3 aromatic carbocycles. The fourth-order valence-corrected chi connectivity index (χ4v) is 3.64. The minimum Gasteiger partial charge on any atom is -0.496 e. The fourth-order valence-electron chi connectivity index (χ4n) is 3.64. The summed E-state index contributed by atoms with van der Waals surface area (Å²) in [6.45, 7) is 1.49. The molecule has 186 valence electrons. The van der Waals surface area contributed by atoms with E-state index < -0.39 is 35.0 Å². The summed E-state index contributed by atoms with van der Waals surface area (Å²) in [7, 11) is 1.30. The third-order valence-corrected chi connectivity index (χ3v) is 5.37. The Morgan fingerprint density at radius 2 is 1.69 bits per heavy atom. The normalized spacial score (nSPS) is 12.2. The second-order valence-corrected chi connectivity index (χ2v) is 7.84. The van der Waals surface area contributed by atoms with Crippen LogP contribution in [0.25, 0.3) is 22.1 Å². The van der Waals surface area contributed by atoms with E-state index in [1.165, 1.54) is 44.4 Å². The molecular formula is C27H21F3O6. The number of hydrogen-bond donors (Lipinski definition) is 0. The maximum atomic E-state index is 14.0. The number of halogens is 3. The number of carbonyl (C=O) groups excluding carboxylic acids is 1. The number of carbonyl (C=O) groups is 1. The highest BCUT2D eigenvalue weighted by atomic mass is 19.4. The van der Waals surface area contributed by atoms with Crippen molar-refractivity contribution in [3.8, 4) is 22.6 Å². The van der Waals surface area contributed by atoms with Crippen molar-refractivity contribution in [2.75, 3.05) is 7.11 Å². The minimum absolute atomic E-state index is 0.0352. The van der Waals surface area contributed by atoms with Crippen LogP contribution in [0.2, 0.25) is 0 Å². The maximum absolute atomic E-state index is 14.0. The molecule has 9 heteroatoms. The first kappa shape index (κ1) is 24.8. The van der Waals surface area contributed by atoms with Crippen molar-refractivity contribution < 1.29 is 36.6 Å². The topological polar surface area (TPSA) is 75.0 Å². The Balaban J connectivity index is 1.66. The van der Waals surface area contributed by atoms with Gasteiger partial charge in [0.25, 0.3) is 0 Å². The van der Waals surface area contributed by atoms with Gasteiger partial charge in [-0.2, -0.15) is 13.2 Å². The van der Waals surface area contributed by atoms with E-state index in [-0.39, 0.29) is 34.6 Å². The summed E-state index contributed by atoms with van der Waals surface area (Å²) in [6, 6.07) is 18.7. The van der Waals surface area contributed by atoms with Crippen LogP contribution in [0.3, 0.4) is 0 Å².